The quantitative estimate of drug-likeness (QED) is 0.679. The summed E-state index contributed by atoms with van der Waals surface area (Å²) in [7, 11) is -3.67. The van der Waals surface area contributed by atoms with E-state index in [1.807, 2.05) is 26.0 Å². The van der Waals surface area contributed by atoms with Crippen LogP contribution in [0.4, 0.5) is 0 Å². The van der Waals surface area contributed by atoms with Crippen LogP contribution in [0, 0.1) is 0 Å². The third kappa shape index (κ3) is 5.21. The lowest BCUT2D eigenvalue weighted by atomic mass is 10.2. The maximum atomic E-state index is 13.0. The van der Waals surface area contributed by atoms with Gasteiger partial charge in [0.25, 0.3) is 5.91 Å². The van der Waals surface area contributed by atoms with E-state index in [1.54, 1.807) is 23.5 Å². The van der Waals surface area contributed by atoms with Gasteiger partial charge in [-0.2, -0.15) is 4.31 Å². The molecule has 6 nitrogen and oxygen atoms in total. The lowest BCUT2D eigenvalue weighted by Gasteiger charge is -2.34. The maximum absolute atomic E-state index is 13.0. The van der Waals surface area contributed by atoms with E-state index in [0.717, 1.165) is 10.2 Å². The average molecular weight is 487 g/mol. The monoisotopic (exact) mass is 486 g/mol. The van der Waals surface area contributed by atoms with Crippen LogP contribution in [-0.2, 0) is 21.2 Å². The largest absolute Gasteiger partial charge is 0.373 e. The van der Waals surface area contributed by atoms with Gasteiger partial charge >= 0.3 is 0 Å². The number of benzene rings is 1. The molecule has 0 saturated carbocycles. The number of nitrogens with zero attached hydrogens (tertiary/aromatic N) is 1. The lowest BCUT2D eigenvalue weighted by Crippen LogP contribution is -2.48. The van der Waals surface area contributed by atoms with Crippen molar-refractivity contribution >= 4 is 43.2 Å². The molecule has 1 aromatic carbocycles. The van der Waals surface area contributed by atoms with Crippen LogP contribution in [0.3, 0.4) is 0 Å². The molecule has 2 aromatic rings. The molecule has 0 unspecified atom stereocenters. The Hall–Kier alpha value is -1.26. The third-order valence-corrected chi connectivity index (χ3v) is 7.92. The van der Waals surface area contributed by atoms with E-state index in [-0.39, 0.29) is 23.0 Å². The Morgan fingerprint density at radius 3 is 2.61 bits per heavy atom. The molecule has 2 atom stereocenters. The van der Waals surface area contributed by atoms with Crippen molar-refractivity contribution in [3.63, 3.8) is 0 Å². The minimum Gasteiger partial charge on any atom is -0.373 e. The van der Waals surface area contributed by atoms with Crippen LogP contribution < -0.4 is 5.32 Å². The number of thiophene rings is 1. The Labute approximate surface area is 178 Å². The summed E-state index contributed by atoms with van der Waals surface area (Å²) in [4.78, 5) is 13.7. The van der Waals surface area contributed by atoms with E-state index < -0.39 is 10.0 Å². The summed E-state index contributed by atoms with van der Waals surface area (Å²) in [6.45, 7) is 4.81. The average Bonchev–Trinajstić information content (AvgIpc) is 3.06. The second-order valence-electron chi connectivity index (χ2n) is 6.82. The molecule has 28 heavy (non-hydrogen) atoms. The molecular weight excluding hydrogens is 464 g/mol. The highest BCUT2D eigenvalue weighted by molar-refractivity contribution is 9.11. The summed E-state index contributed by atoms with van der Waals surface area (Å²) >= 11 is 5.05. The van der Waals surface area contributed by atoms with Crippen LogP contribution in [0.15, 0.2) is 45.1 Å². The van der Waals surface area contributed by atoms with Crippen LogP contribution in [0.25, 0.3) is 0 Å². The number of nitrogens with one attached hydrogen (secondary N) is 1. The number of morpholine rings is 1. The van der Waals surface area contributed by atoms with Crippen molar-refractivity contribution < 1.29 is 17.9 Å². The van der Waals surface area contributed by atoms with Crippen molar-refractivity contribution in [2.45, 2.75) is 37.4 Å². The minimum absolute atomic E-state index is 0.128. The van der Waals surface area contributed by atoms with Crippen molar-refractivity contribution in [2.24, 2.45) is 0 Å². The fraction of sp³-hybridized carbons (Fsp3) is 0.421. The maximum Gasteiger partial charge on any atom is 0.251 e. The second-order valence-corrected chi connectivity index (χ2v) is 11.3. The van der Waals surface area contributed by atoms with Crippen LogP contribution in [0.1, 0.15) is 29.1 Å². The van der Waals surface area contributed by atoms with Crippen molar-refractivity contribution in [3.8, 4) is 0 Å². The Morgan fingerprint density at radius 2 is 1.96 bits per heavy atom. The molecule has 0 spiro atoms. The molecule has 1 aromatic heterocycles. The fourth-order valence-electron chi connectivity index (χ4n) is 3.16. The van der Waals surface area contributed by atoms with Gasteiger partial charge in [0, 0.05) is 30.1 Å². The number of rotatable bonds is 6. The van der Waals surface area contributed by atoms with E-state index in [2.05, 4.69) is 21.2 Å². The van der Waals surface area contributed by atoms with Crippen LogP contribution in [-0.4, -0.2) is 50.5 Å². The summed E-state index contributed by atoms with van der Waals surface area (Å²) in [5.74, 6) is -0.281. The normalized spacial score (nSPS) is 20.8. The topological polar surface area (TPSA) is 75.7 Å². The Bertz CT molecular complexity index is 935. The molecule has 0 radical (unpaired) electrons. The first kappa shape index (κ1) is 21.4. The van der Waals surface area contributed by atoms with E-state index >= 15 is 0 Å². The zero-order chi connectivity index (χ0) is 20.3. The standard InChI is InChI=1S/C19H23BrN2O4S2/c1-13-11-22(12-14(2)26-13)28(24,25)17-5-3-4-15(10-17)19(23)21-9-8-16-6-7-18(20)27-16/h3-7,10,13-14H,8-9,11-12H2,1-2H3,(H,21,23)/t13-,14+. The van der Waals surface area contributed by atoms with Crippen LogP contribution in [0.2, 0.25) is 0 Å². The predicted octanol–water partition coefficient (Wildman–Crippen LogP) is 3.28. The highest BCUT2D eigenvalue weighted by Gasteiger charge is 2.32. The van der Waals surface area contributed by atoms with Gasteiger partial charge in [0.05, 0.1) is 20.9 Å². The Kier molecular flexibility index (Phi) is 6.93. The smallest absolute Gasteiger partial charge is 0.251 e. The van der Waals surface area contributed by atoms with Crippen molar-refractivity contribution in [3.05, 3.63) is 50.6 Å². The molecular formula is C19H23BrN2O4S2. The first-order chi connectivity index (χ1) is 13.3. The SMILES string of the molecule is C[C@@H]1CN(S(=O)(=O)c2cccc(C(=O)NCCc3ccc(Br)s3)c2)C[C@H](C)O1. The van der Waals surface area contributed by atoms with Crippen LogP contribution in [0.5, 0.6) is 0 Å². The van der Waals surface area contributed by atoms with Gasteiger partial charge in [0.1, 0.15) is 0 Å². The van der Waals surface area contributed by atoms with Gasteiger partial charge in [-0.3, -0.25) is 4.79 Å². The third-order valence-electron chi connectivity index (χ3n) is 4.41. The molecule has 1 N–H and O–H groups in total. The van der Waals surface area contributed by atoms with Crippen molar-refractivity contribution in [2.75, 3.05) is 19.6 Å². The van der Waals surface area contributed by atoms with Gasteiger partial charge in [0.15, 0.2) is 0 Å². The number of hydrogen-bond acceptors (Lipinski definition) is 5. The van der Waals surface area contributed by atoms with Gasteiger partial charge in [-0.05, 0) is 66.5 Å². The number of amides is 1. The molecule has 1 amide bonds. The summed E-state index contributed by atoms with van der Waals surface area (Å²) in [5.41, 5.74) is 0.336. The molecule has 1 aliphatic heterocycles. The number of ether oxygens (including phenoxy) is 1. The molecule has 9 heteroatoms. The van der Waals surface area contributed by atoms with E-state index in [4.69, 9.17) is 4.74 Å². The predicted molar refractivity (Wildman–Crippen MR) is 113 cm³/mol. The first-order valence-electron chi connectivity index (χ1n) is 9.04. The molecule has 1 fully saturated rings. The molecule has 0 aliphatic carbocycles. The molecule has 152 valence electrons. The van der Waals surface area contributed by atoms with E-state index in [9.17, 15) is 13.2 Å². The van der Waals surface area contributed by atoms with Crippen molar-refractivity contribution in [1.82, 2.24) is 9.62 Å². The minimum atomic E-state index is -3.67. The highest BCUT2D eigenvalue weighted by atomic mass is 79.9. The summed E-state index contributed by atoms with van der Waals surface area (Å²) in [6.07, 6.45) is 0.397. The Balaban J connectivity index is 1.67. The molecule has 1 aliphatic rings. The van der Waals surface area contributed by atoms with Gasteiger partial charge in [-0.15, -0.1) is 11.3 Å². The summed E-state index contributed by atoms with van der Waals surface area (Å²) in [5, 5.41) is 2.85. The summed E-state index contributed by atoms with van der Waals surface area (Å²) < 4.78 is 34.1. The number of carbonyl (C=O) groups excluding carboxylic acids is 1. The zero-order valence-electron chi connectivity index (χ0n) is 15.7. The highest BCUT2D eigenvalue weighted by Crippen LogP contribution is 2.23. The second kappa shape index (κ2) is 9.04. The van der Waals surface area contributed by atoms with Gasteiger partial charge in [0.2, 0.25) is 10.0 Å². The van der Waals surface area contributed by atoms with Gasteiger partial charge in [-0.25, -0.2) is 8.42 Å². The number of carbonyl (C=O) groups is 1. The Morgan fingerprint density at radius 1 is 1.25 bits per heavy atom. The fourth-order valence-corrected chi connectivity index (χ4v) is 6.28. The molecule has 3 rings (SSSR count). The van der Waals surface area contributed by atoms with Crippen LogP contribution >= 0.6 is 27.3 Å². The molecule has 1 saturated heterocycles. The van der Waals surface area contributed by atoms with Gasteiger partial charge in [-0.1, -0.05) is 6.07 Å². The van der Waals surface area contributed by atoms with Gasteiger partial charge < -0.3 is 10.1 Å². The van der Waals surface area contributed by atoms with Crippen molar-refractivity contribution in [1.29, 1.82) is 0 Å². The number of sulfonamides is 1. The molecule has 0 bridgehead atoms. The molecule has 2 heterocycles. The number of hydrogen-bond donors (Lipinski definition) is 1. The zero-order valence-corrected chi connectivity index (χ0v) is 18.9. The number of halogens is 1. The lowest BCUT2D eigenvalue weighted by molar-refractivity contribution is -0.0440. The van der Waals surface area contributed by atoms with E-state index in [1.165, 1.54) is 21.3 Å². The van der Waals surface area contributed by atoms with E-state index in [0.29, 0.717) is 25.2 Å². The summed E-state index contributed by atoms with van der Waals surface area (Å²) in [6, 6.07) is 10.2. The first-order valence-corrected chi connectivity index (χ1v) is 12.1.